The van der Waals surface area contributed by atoms with Gasteiger partial charge in [0, 0.05) is 11.6 Å². The van der Waals surface area contributed by atoms with Crippen LogP contribution in [0.2, 0.25) is 0 Å². The molecular formula is C22H15F5N6O. The summed E-state index contributed by atoms with van der Waals surface area (Å²) in [5, 5.41) is 9.37. The van der Waals surface area contributed by atoms with Gasteiger partial charge >= 0.3 is 6.18 Å². The number of nitrogens with zero attached hydrogens (tertiary/aromatic N) is 5. The molecule has 0 spiro atoms. The Morgan fingerprint density at radius 3 is 2.59 bits per heavy atom. The Hall–Kier alpha value is -4.27. The second kappa shape index (κ2) is 8.26. The molecule has 34 heavy (non-hydrogen) atoms. The molecule has 0 saturated carbocycles. The smallest absolute Gasteiger partial charge is 0.382 e. The SMILES string of the molecule is C[C@H](C#N)N(Cc1ccc(C(F)(F)F)cc1F)C(=O)c1cc2c(cc1F)nc(N)c1cncn12. The predicted molar refractivity (Wildman–Crippen MR) is 111 cm³/mol. The van der Waals surface area contributed by atoms with E-state index >= 15 is 0 Å². The molecule has 0 aliphatic heterocycles. The minimum Gasteiger partial charge on any atom is -0.382 e. The fourth-order valence-electron chi connectivity index (χ4n) is 3.51. The normalized spacial score (nSPS) is 12.6. The third kappa shape index (κ3) is 3.96. The molecule has 0 fully saturated rings. The molecule has 0 aliphatic carbocycles. The first kappa shape index (κ1) is 22.9. The van der Waals surface area contributed by atoms with Crippen molar-refractivity contribution in [2.75, 3.05) is 5.73 Å². The van der Waals surface area contributed by atoms with Crippen molar-refractivity contribution in [2.45, 2.75) is 25.7 Å². The fraction of sp³-hybridized carbons (Fsp3) is 0.182. The molecule has 12 heteroatoms. The summed E-state index contributed by atoms with van der Waals surface area (Å²) < 4.78 is 69.4. The molecule has 7 nitrogen and oxygen atoms in total. The summed E-state index contributed by atoms with van der Waals surface area (Å²) >= 11 is 0. The highest BCUT2D eigenvalue weighted by molar-refractivity contribution is 5.98. The minimum absolute atomic E-state index is 0.0981. The van der Waals surface area contributed by atoms with Crippen LogP contribution in [0, 0.1) is 23.0 Å². The number of nitrogen functional groups attached to an aromatic ring is 1. The van der Waals surface area contributed by atoms with Crippen molar-refractivity contribution in [2.24, 2.45) is 0 Å². The second-order valence-electron chi connectivity index (χ2n) is 7.51. The van der Waals surface area contributed by atoms with E-state index in [2.05, 4.69) is 9.97 Å². The Balaban J connectivity index is 1.77. The predicted octanol–water partition coefficient (Wildman–Crippen LogP) is 4.32. The molecule has 2 N–H and O–H groups in total. The van der Waals surface area contributed by atoms with Gasteiger partial charge in [0.05, 0.1) is 47.3 Å². The molecule has 2 aromatic heterocycles. The van der Waals surface area contributed by atoms with Crippen LogP contribution in [0.3, 0.4) is 0 Å². The van der Waals surface area contributed by atoms with E-state index in [9.17, 15) is 32.0 Å². The van der Waals surface area contributed by atoms with Crippen LogP contribution in [0.25, 0.3) is 16.6 Å². The van der Waals surface area contributed by atoms with Gasteiger partial charge in [-0.25, -0.2) is 18.7 Å². The molecule has 4 rings (SSSR count). The third-order valence-corrected chi connectivity index (χ3v) is 5.33. The van der Waals surface area contributed by atoms with Crippen LogP contribution in [0.5, 0.6) is 0 Å². The van der Waals surface area contributed by atoms with Crippen molar-refractivity contribution in [1.82, 2.24) is 19.3 Å². The summed E-state index contributed by atoms with van der Waals surface area (Å²) in [7, 11) is 0. The Labute approximate surface area is 188 Å². The fourth-order valence-corrected chi connectivity index (χ4v) is 3.51. The zero-order valence-corrected chi connectivity index (χ0v) is 17.4. The van der Waals surface area contributed by atoms with Crippen molar-refractivity contribution in [3.63, 3.8) is 0 Å². The van der Waals surface area contributed by atoms with E-state index in [4.69, 9.17) is 5.73 Å². The first-order valence-electron chi connectivity index (χ1n) is 9.78. The van der Waals surface area contributed by atoms with Crippen LogP contribution < -0.4 is 5.73 Å². The zero-order valence-electron chi connectivity index (χ0n) is 17.4. The van der Waals surface area contributed by atoms with Crippen LogP contribution >= 0.6 is 0 Å². The first-order chi connectivity index (χ1) is 16.0. The molecule has 0 aliphatic rings. The highest BCUT2D eigenvalue weighted by Crippen LogP contribution is 2.31. The van der Waals surface area contributed by atoms with Gasteiger partial charge in [-0.1, -0.05) is 6.07 Å². The van der Waals surface area contributed by atoms with Gasteiger partial charge in [0.2, 0.25) is 0 Å². The van der Waals surface area contributed by atoms with E-state index in [1.165, 1.54) is 29.9 Å². The summed E-state index contributed by atoms with van der Waals surface area (Å²) in [4.78, 5) is 22.2. The number of carbonyl (C=O) groups is 1. The third-order valence-electron chi connectivity index (χ3n) is 5.33. The molecule has 1 amide bonds. The minimum atomic E-state index is -4.75. The topological polar surface area (TPSA) is 100 Å². The largest absolute Gasteiger partial charge is 0.416 e. The standard InChI is InChI=1S/C22H15F5N6O/c1-11(7-28)32(9-12-2-3-13(4-15(12)23)22(25,26)27)21(34)14-5-18-17(6-16(14)24)31-20(29)19-8-30-10-33(18)19/h2-6,8,10-11H,9H2,1H3,(H2,29,31)/t11-/m1/s1. The average Bonchev–Trinajstić information content (AvgIpc) is 3.27. The Bertz CT molecular complexity index is 1470. The van der Waals surface area contributed by atoms with E-state index < -0.39 is 47.4 Å². The van der Waals surface area contributed by atoms with E-state index in [-0.39, 0.29) is 16.9 Å². The molecule has 4 aromatic rings. The summed E-state index contributed by atoms with van der Waals surface area (Å²) in [5.41, 5.74) is 4.81. The van der Waals surface area contributed by atoms with Crippen molar-refractivity contribution < 1.29 is 26.7 Å². The summed E-state index contributed by atoms with van der Waals surface area (Å²) in [6, 6.07) is 4.71. The molecule has 0 radical (unpaired) electrons. The van der Waals surface area contributed by atoms with E-state index in [1.807, 2.05) is 6.07 Å². The quantitative estimate of drug-likeness (QED) is 0.444. The van der Waals surface area contributed by atoms with E-state index in [1.54, 1.807) is 0 Å². The van der Waals surface area contributed by atoms with E-state index in [0.717, 1.165) is 17.0 Å². The van der Waals surface area contributed by atoms with Crippen molar-refractivity contribution >= 4 is 28.3 Å². The molecule has 0 saturated heterocycles. The number of carbonyl (C=O) groups excluding carboxylic acids is 1. The van der Waals surface area contributed by atoms with Gasteiger partial charge in [0.1, 0.15) is 29.0 Å². The number of imidazole rings is 1. The lowest BCUT2D eigenvalue weighted by molar-refractivity contribution is -0.137. The average molecular weight is 474 g/mol. The maximum absolute atomic E-state index is 14.9. The van der Waals surface area contributed by atoms with Crippen LogP contribution in [-0.2, 0) is 12.7 Å². The first-order valence-corrected chi connectivity index (χ1v) is 9.78. The van der Waals surface area contributed by atoms with Gasteiger partial charge < -0.3 is 10.6 Å². The number of rotatable bonds is 4. The van der Waals surface area contributed by atoms with Crippen LogP contribution in [-0.4, -0.2) is 31.2 Å². The molecule has 174 valence electrons. The zero-order chi connectivity index (χ0) is 24.8. The Morgan fingerprint density at radius 1 is 1.21 bits per heavy atom. The lowest BCUT2D eigenvalue weighted by atomic mass is 10.1. The van der Waals surface area contributed by atoms with Gasteiger partial charge in [-0.15, -0.1) is 0 Å². The molecule has 2 heterocycles. The molecule has 0 unspecified atom stereocenters. The number of fused-ring (bicyclic) bond motifs is 3. The summed E-state index contributed by atoms with van der Waals surface area (Å²) in [5.74, 6) is -3.04. The molecule has 1 atom stereocenters. The maximum atomic E-state index is 14.9. The number of benzene rings is 2. The second-order valence-corrected chi connectivity index (χ2v) is 7.51. The lowest BCUT2D eigenvalue weighted by Gasteiger charge is -2.26. The van der Waals surface area contributed by atoms with Crippen LogP contribution in [0.1, 0.15) is 28.4 Å². The number of nitrogens with two attached hydrogens (primary N) is 1. The maximum Gasteiger partial charge on any atom is 0.416 e. The monoisotopic (exact) mass is 474 g/mol. The Morgan fingerprint density at radius 2 is 1.94 bits per heavy atom. The van der Waals surface area contributed by atoms with Crippen molar-refractivity contribution in [1.29, 1.82) is 5.26 Å². The van der Waals surface area contributed by atoms with Crippen molar-refractivity contribution in [3.05, 3.63) is 71.2 Å². The number of halogens is 5. The van der Waals surface area contributed by atoms with Crippen LogP contribution in [0.15, 0.2) is 42.9 Å². The number of aromatic nitrogens is 3. The highest BCUT2D eigenvalue weighted by atomic mass is 19.4. The van der Waals surface area contributed by atoms with Crippen LogP contribution in [0.4, 0.5) is 27.8 Å². The number of amides is 1. The highest BCUT2D eigenvalue weighted by Gasteiger charge is 2.32. The van der Waals surface area contributed by atoms with Gasteiger partial charge in [-0.2, -0.15) is 18.4 Å². The Kier molecular flexibility index (Phi) is 5.56. The van der Waals surface area contributed by atoms with Gasteiger partial charge in [0.25, 0.3) is 5.91 Å². The summed E-state index contributed by atoms with van der Waals surface area (Å²) in [6.45, 7) is 0.768. The number of hydrogen-bond acceptors (Lipinski definition) is 5. The van der Waals surface area contributed by atoms with Crippen molar-refractivity contribution in [3.8, 4) is 6.07 Å². The van der Waals surface area contributed by atoms with Gasteiger partial charge in [-0.05, 0) is 25.1 Å². The lowest BCUT2D eigenvalue weighted by Crippen LogP contribution is -2.38. The van der Waals surface area contributed by atoms with Gasteiger partial charge in [-0.3, -0.25) is 9.20 Å². The molecule has 2 aromatic carbocycles. The molecular weight excluding hydrogens is 459 g/mol. The number of anilines is 1. The van der Waals surface area contributed by atoms with Gasteiger partial charge in [0.15, 0.2) is 0 Å². The number of hydrogen-bond donors (Lipinski definition) is 1. The van der Waals surface area contributed by atoms with E-state index in [0.29, 0.717) is 23.2 Å². The number of nitriles is 1. The summed E-state index contributed by atoms with van der Waals surface area (Å²) in [6.07, 6.45) is -1.92. The molecule has 0 bridgehead atoms. The number of alkyl halides is 3.